The van der Waals surface area contributed by atoms with Crippen LogP contribution in [0.15, 0.2) is 30.5 Å². The molecule has 110 valence electrons. The number of nitrogens with one attached hydrogen (secondary N) is 1. The molecule has 0 unspecified atom stereocenters. The van der Waals surface area contributed by atoms with Crippen molar-refractivity contribution in [2.24, 2.45) is 0 Å². The summed E-state index contributed by atoms with van der Waals surface area (Å²) in [6.45, 7) is 4.18. The van der Waals surface area contributed by atoms with Gasteiger partial charge in [-0.2, -0.15) is 5.26 Å². The normalized spacial score (nSPS) is 10.6. The first-order chi connectivity index (χ1) is 10.6. The van der Waals surface area contributed by atoms with Crippen LogP contribution in [0.25, 0.3) is 11.0 Å². The molecule has 0 fully saturated rings. The second-order valence-electron chi connectivity index (χ2n) is 5.13. The molecule has 0 aliphatic heterocycles. The van der Waals surface area contributed by atoms with E-state index in [1.807, 2.05) is 13.8 Å². The zero-order chi connectivity index (χ0) is 15.7. The standard InChI is InChI=1S/C17H14FN3O/c1-10-11(2)21-16-15(10)20-8-13(7-19)17(16)22-9-12-3-5-14(18)6-4-12/h3-6,8,21H,9H2,1-2H3. The highest BCUT2D eigenvalue weighted by atomic mass is 19.1. The maximum Gasteiger partial charge on any atom is 0.164 e. The molecule has 1 aromatic carbocycles. The van der Waals surface area contributed by atoms with E-state index in [-0.39, 0.29) is 12.4 Å². The number of hydrogen-bond acceptors (Lipinski definition) is 3. The fraction of sp³-hybridized carbons (Fsp3) is 0.176. The molecular formula is C17H14FN3O. The summed E-state index contributed by atoms with van der Waals surface area (Å²) in [5.41, 5.74) is 4.74. The van der Waals surface area contributed by atoms with Crippen LogP contribution in [0.2, 0.25) is 0 Å². The van der Waals surface area contributed by atoms with Gasteiger partial charge in [0, 0.05) is 11.9 Å². The Morgan fingerprint density at radius 3 is 2.68 bits per heavy atom. The Morgan fingerprint density at radius 2 is 2.00 bits per heavy atom. The lowest BCUT2D eigenvalue weighted by Crippen LogP contribution is -1.99. The van der Waals surface area contributed by atoms with Gasteiger partial charge in [0.2, 0.25) is 0 Å². The molecule has 0 aliphatic carbocycles. The van der Waals surface area contributed by atoms with Crippen LogP contribution in [0, 0.1) is 31.0 Å². The van der Waals surface area contributed by atoms with E-state index in [1.165, 1.54) is 18.3 Å². The molecule has 3 aromatic rings. The van der Waals surface area contributed by atoms with Gasteiger partial charge < -0.3 is 9.72 Å². The molecule has 0 bridgehead atoms. The summed E-state index contributed by atoms with van der Waals surface area (Å²) in [4.78, 5) is 7.53. The first kappa shape index (κ1) is 14.1. The van der Waals surface area contributed by atoms with Gasteiger partial charge in [0.25, 0.3) is 0 Å². The summed E-state index contributed by atoms with van der Waals surface area (Å²) in [5, 5.41) is 9.25. The average Bonchev–Trinajstić information content (AvgIpc) is 2.82. The minimum atomic E-state index is -0.289. The number of nitrogens with zero attached hydrogens (tertiary/aromatic N) is 2. The third-order valence-electron chi connectivity index (χ3n) is 3.68. The smallest absolute Gasteiger partial charge is 0.164 e. The first-order valence-electron chi connectivity index (χ1n) is 6.85. The van der Waals surface area contributed by atoms with Crippen molar-refractivity contribution >= 4 is 11.0 Å². The monoisotopic (exact) mass is 295 g/mol. The van der Waals surface area contributed by atoms with Crippen LogP contribution < -0.4 is 4.74 Å². The zero-order valence-corrected chi connectivity index (χ0v) is 12.3. The highest BCUT2D eigenvalue weighted by Gasteiger charge is 2.15. The van der Waals surface area contributed by atoms with Crippen LogP contribution in [0.5, 0.6) is 5.75 Å². The van der Waals surface area contributed by atoms with Crippen LogP contribution in [-0.2, 0) is 6.61 Å². The Kier molecular flexibility index (Phi) is 3.51. The van der Waals surface area contributed by atoms with Crippen LogP contribution in [-0.4, -0.2) is 9.97 Å². The number of hydrogen-bond donors (Lipinski definition) is 1. The molecule has 4 nitrogen and oxygen atoms in total. The third-order valence-corrected chi connectivity index (χ3v) is 3.68. The summed E-state index contributed by atoms with van der Waals surface area (Å²) in [7, 11) is 0. The minimum Gasteiger partial charge on any atom is -0.485 e. The fourth-order valence-corrected chi connectivity index (χ4v) is 2.32. The van der Waals surface area contributed by atoms with E-state index in [0.717, 1.165) is 27.9 Å². The largest absolute Gasteiger partial charge is 0.485 e. The molecule has 3 rings (SSSR count). The van der Waals surface area contributed by atoms with Crippen molar-refractivity contribution in [3.8, 4) is 11.8 Å². The lowest BCUT2D eigenvalue weighted by Gasteiger charge is -2.09. The van der Waals surface area contributed by atoms with E-state index in [1.54, 1.807) is 12.1 Å². The Hall–Kier alpha value is -2.87. The van der Waals surface area contributed by atoms with E-state index in [2.05, 4.69) is 16.0 Å². The molecule has 0 spiro atoms. The van der Waals surface area contributed by atoms with E-state index in [9.17, 15) is 9.65 Å². The van der Waals surface area contributed by atoms with Gasteiger partial charge in [0.05, 0.1) is 5.52 Å². The molecule has 0 atom stereocenters. The summed E-state index contributed by atoms with van der Waals surface area (Å²) >= 11 is 0. The second kappa shape index (κ2) is 5.49. The number of halogens is 1. The molecule has 1 N–H and O–H groups in total. The minimum absolute atomic E-state index is 0.255. The van der Waals surface area contributed by atoms with Crippen LogP contribution in [0.4, 0.5) is 4.39 Å². The van der Waals surface area contributed by atoms with Gasteiger partial charge in [0.1, 0.15) is 29.6 Å². The van der Waals surface area contributed by atoms with Crippen LogP contribution in [0.1, 0.15) is 22.4 Å². The quantitative estimate of drug-likeness (QED) is 0.800. The van der Waals surface area contributed by atoms with Gasteiger partial charge in [-0.3, -0.25) is 4.98 Å². The maximum atomic E-state index is 12.9. The Balaban J connectivity index is 1.99. The van der Waals surface area contributed by atoms with Crippen molar-refractivity contribution in [2.75, 3.05) is 0 Å². The fourth-order valence-electron chi connectivity index (χ4n) is 2.32. The van der Waals surface area contributed by atoms with Crippen molar-refractivity contribution < 1.29 is 9.13 Å². The summed E-state index contributed by atoms with van der Waals surface area (Å²) < 4.78 is 18.7. The van der Waals surface area contributed by atoms with Crippen molar-refractivity contribution in [1.29, 1.82) is 5.26 Å². The first-order valence-corrected chi connectivity index (χ1v) is 6.85. The molecule has 0 saturated heterocycles. The predicted molar refractivity (Wildman–Crippen MR) is 81.0 cm³/mol. The van der Waals surface area contributed by atoms with Gasteiger partial charge >= 0.3 is 0 Å². The van der Waals surface area contributed by atoms with Crippen LogP contribution >= 0.6 is 0 Å². The number of aryl methyl sites for hydroxylation is 2. The number of H-pyrrole nitrogens is 1. The van der Waals surface area contributed by atoms with Gasteiger partial charge in [-0.1, -0.05) is 12.1 Å². The van der Waals surface area contributed by atoms with Gasteiger partial charge in [0.15, 0.2) is 5.75 Å². The molecule has 22 heavy (non-hydrogen) atoms. The highest BCUT2D eigenvalue weighted by Crippen LogP contribution is 2.31. The summed E-state index contributed by atoms with van der Waals surface area (Å²) in [5.74, 6) is 0.191. The SMILES string of the molecule is Cc1[nH]c2c(OCc3ccc(F)cc3)c(C#N)cnc2c1C. The molecule has 0 aliphatic rings. The maximum absolute atomic E-state index is 12.9. The number of nitriles is 1. The summed E-state index contributed by atoms with van der Waals surface area (Å²) in [6, 6.07) is 8.18. The molecule has 5 heteroatoms. The lowest BCUT2D eigenvalue weighted by atomic mass is 10.2. The number of benzene rings is 1. The van der Waals surface area contributed by atoms with Crippen molar-refractivity contribution in [3.63, 3.8) is 0 Å². The van der Waals surface area contributed by atoms with Crippen molar-refractivity contribution in [2.45, 2.75) is 20.5 Å². The van der Waals surface area contributed by atoms with E-state index in [4.69, 9.17) is 4.74 Å². The second-order valence-corrected chi connectivity index (χ2v) is 5.13. The molecule has 0 amide bonds. The van der Waals surface area contributed by atoms with Crippen molar-refractivity contribution in [1.82, 2.24) is 9.97 Å². The van der Waals surface area contributed by atoms with E-state index in [0.29, 0.717) is 11.3 Å². The Labute approximate surface area is 127 Å². The van der Waals surface area contributed by atoms with Crippen molar-refractivity contribution in [3.05, 3.63) is 58.7 Å². The number of ether oxygens (including phenoxy) is 1. The van der Waals surface area contributed by atoms with E-state index >= 15 is 0 Å². The summed E-state index contributed by atoms with van der Waals surface area (Å²) in [6.07, 6.45) is 1.52. The van der Waals surface area contributed by atoms with Gasteiger partial charge in [-0.25, -0.2) is 4.39 Å². The topological polar surface area (TPSA) is 61.7 Å². The zero-order valence-electron chi connectivity index (χ0n) is 12.3. The number of aromatic amines is 1. The third kappa shape index (κ3) is 2.40. The molecule has 0 radical (unpaired) electrons. The number of fused-ring (bicyclic) bond motifs is 1. The Morgan fingerprint density at radius 1 is 1.27 bits per heavy atom. The molecule has 0 saturated carbocycles. The van der Waals surface area contributed by atoms with E-state index < -0.39 is 0 Å². The molecule has 2 aromatic heterocycles. The average molecular weight is 295 g/mol. The molecular weight excluding hydrogens is 281 g/mol. The number of aromatic nitrogens is 2. The molecule has 2 heterocycles. The predicted octanol–water partition coefficient (Wildman–Crippen LogP) is 3.77. The van der Waals surface area contributed by atoms with Crippen LogP contribution in [0.3, 0.4) is 0 Å². The van der Waals surface area contributed by atoms with Gasteiger partial charge in [-0.05, 0) is 37.1 Å². The van der Waals surface area contributed by atoms with Gasteiger partial charge in [-0.15, -0.1) is 0 Å². The number of rotatable bonds is 3. The Bertz CT molecular complexity index is 876. The highest BCUT2D eigenvalue weighted by molar-refractivity contribution is 5.87. The number of pyridine rings is 1. The lowest BCUT2D eigenvalue weighted by molar-refractivity contribution is 0.308.